The number of ether oxygens (including phenoxy) is 2. The molecule has 26 heavy (non-hydrogen) atoms. The number of rotatable bonds is 7. The second kappa shape index (κ2) is 8.04. The summed E-state index contributed by atoms with van der Waals surface area (Å²) < 4.78 is 11.8. The Kier molecular flexibility index (Phi) is 5.77. The molecule has 1 aliphatic carbocycles. The summed E-state index contributed by atoms with van der Waals surface area (Å²) in [5, 5.41) is 3.97. The van der Waals surface area contributed by atoms with Crippen molar-refractivity contribution in [3.8, 4) is 5.75 Å². The molecule has 1 amide bonds. The molecule has 5 nitrogen and oxygen atoms in total. The predicted octanol–water partition coefficient (Wildman–Crippen LogP) is 4.56. The first-order valence-electron chi connectivity index (χ1n) is 9.51. The van der Waals surface area contributed by atoms with Gasteiger partial charge in [-0.1, -0.05) is 13.8 Å². The number of fused-ring (bicyclic) bond motifs is 1. The highest BCUT2D eigenvalue weighted by atomic mass is 16.5. The number of hydrogen-bond acceptors (Lipinski definition) is 4. The lowest BCUT2D eigenvalue weighted by molar-refractivity contribution is -0.140. The van der Waals surface area contributed by atoms with Gasteiger partial charge in [0.1, 0.15) is 16.9 Å². The van der Waals surface area contributed by atoms with Crippen molar-refractivity contribution >= 4 is 22.5 Å². The lowest BCUT2D eigenvalue weighted by Crippen LogP contribution is -2.43. The van der Waals surface area contributed by atoms with Crippen LogP contribution in [0.2, 0.25) is 0 Å². The van der Waals surface area contributed by atoms with Gasteiger partial charge in [0.15, 0.2) is 0 Å². The van der Waals surface area contributed by atoms with Crippen LogP contribution in [0.15, 0.2) is 30.5 Å². The van der Waals surface area contributed by atoms with E-state index in [4.69, 9.17) is 9.47 Å². The standard InChI is InChI=1S/C21H28N2O3/c1-4-26-21(11-5-6-12-21)20(24)23-17-9-10-18(25-14-15(2)3)19-16(17)8-7-13-22-19/h7-10,13,15H,4-6,11-12,14H2,1-3H3,(H,23,24). The maximum atomic E-state index is 13.0. The molecule has 0 saturated heterocycles. The van der Waals surface area contributed by atoms with E-state index in [0.717, 1.165) is 48.0 Å². The summed E-state index contributed by atoms with van der Waals surface area (Å²) >= 11 is 0. The quantitative estimate of drug-likeness (QED) is 0.790. The lowest BCUT2D eigenvalue weighted by Gasteiger charge is -2.27. The van der Waals surface area contributed by atoms with E-state index in [9.17, 15) is 4.79 Å². The van der Waals surface area contributed by atoms with Gasteiger partial charge in [-0.25, -0.2) is 0 Å². The Labute approximate surface area is 155 Å². The topological polar surface area (TPSA) is 60.5 Å². The predicted molar refractivity (Wildman–Crippen MR) is 104 cm³/mol. The van der Waals surface area contributed by atoms with Crippen LogP contribution in [0.1, 0.15) is 46.5 Å². The molecule has 0 spiro atoms. The number of amides is 1. The number of anilines is 1. The van der Waals surface area contributed by atoms with Crippen molar-refractivity contribution in [1.82, 2.24) is 4.98 Å². The maximum absolute atomic E-state index is 13.0. The van der Waals surface area contributed by atoms with Crippen LogP contribution in [0.5, 0.6) is 5.75 Å². The van der Waals surface area contributed by atoms with E-state index >= 15 is 0 Å². The molecule has 5 heteroatoms. The fourth-order valence-electron chi connectivity index (χ4n) is 3.52. The summed E-state index contributed by atoms with van der Waals surface area (Å²) in [6, 6.07) is 7.61. The Morgan fingerprint density at radius 1 is 1.27 bits per heavy atom. The second-order valence-corrected chi connectivity index (χ2v) is 7.30. The molecule has 1 fully saturated rings. The summed E-state index contributed by atoms with van der Waals surface area (Å²) in [4.78, 5) is 17.5. The molecule has 140 valence electrons. The monoisotopic (exact) mass is 356 g/mol. The molecule has 0 atom stereocenters. The Morgan fingerprint density at radius 3 is 2.73 bits per heavy atom. The molecule has 1 aliphatic rings. The number of benzene rings is 1. The summed E-state index contributed by atoms with van der Waals surface area (Å²) in [5.41, 5.74) is 0.819. The maximum Gasteiger partial charge on any atom is 0.256 e. The zero-order valence-electron chi connectivity index (χ0n) is 15.9. The molecule has 1 aromatic carbocycles. The van der Waals surface area contributed by atoms with E-state index in [1.165, 1.54) is 0 Å². The van der Waals surface area contributed by atoms with E-state index in [2.05, 4.69) is 24.1 Å². The van der Waals surface area contributed by atoms with Crippen molar-refractivity contribution in [2.45, 2.75) is 52.1 Å². The smallest absolute Gasteiger partial charge is 0.256 e. The molecule has 0 aliphatic heterocycles. The Hall–Kier alpha value is -2.14. The van der Waals surface area contributed by atoms with Gasteiger partial charge in [-0.15, -0.1) is 0 Å². The highest BCUT2D eigenvalue weighted by Gasteiger charge is 2.42. The molecular formula is C21H28N2O3. The van der Waals surface area contributed by atoms with Crippen LogP contribution >= 0.6 is 0 Å². The summed E-state index contributed by atoms with van der Waals surface area (Å²) in [6.07, 6.45) is 5.35. The van der Waals surface area contributed by atoms with Gasteiger partial charge in [-0.05, 0) is 62.8 Å². The minimum atomic E-state index is -0.698. The van der Waals surface area contributed by atoms with Gasteiger partial charge in [0.25, 0.3) is 5.91 Å². The highest BCUT2D eigenvalue weighted by molar-refractivity contribution is 6.05. The first-order chi connectivity index (χ1) is 12.6. The molecule has 1 saturated carbocycles. The third-order valence-electron chi connectivity index (χ3n) is 4.80. The normalized spacial score (nSPS) is 16.2. The van der Waals surface area contributed by atoms with Crippen molar-refractivity contribution in [2.24, 2.45) is 5.92 Å². The number of aromatic nitrogens is 1. The van der Waals surface area contributed by atoms with Gasteiger partial charge in [0.2, 0.25) is 0 Å². The van der Waals surface area contributed by atoms with Crippen LogP contribution in [0.25, 0.3) is 10.9 Å². The van der Waals surface area contributed by atoms with Crippen molar-refractivity contribution in [1.29, 1.82) is 0 Å². The first kappa shape index (κ1) is 18.6. The minimum absolute atomic E-state index is 0.0575. The third-order valence-corrected chi connectivity index (χ3v) is 4.80. The summed E-state index contributed by atoms with van der Waals surface area (Å²) in [5.74, 6) is 1.12. The van der Waals surface area contributed by atoms with Crippen LogP contribution in [0.3, 0.4) is 0 Å². The Bertz CT molecular complexity index is 767. The molecule has 0 radical (unpaired) electrons. The molecule has 1 aromatic heterocycles. The van der Waals surface area contributed by atoms with Crippen LogP contribution < -0.4 is 10.1 Å². The van der Waals surface area contributed by atoms with Crippen molar-refractivity contribution in [3.63, 3.8) is 0 Å². The Balaban J connectivity index is 1.88. The fraction of sp³-hybridized carbons (Fsp3) is 0.524. The summed E-state index contributed by atoms with van der Waals surface area (Å²) in [7, 11) is 0. The number of pyridine rings is 1. The molecule has 3 rings (SSSR count). The zero-order valence-corrected chi connectivity index (χ0v) is 15.9. The largest absolute Gasteiger partial charge is 0.491 e. The minimum Gasteiger partial charge on any atom is -0.491 e. The van der Waals surface area contributed by atoms with Gasteiger partial charge in [0, 0.05) is 18.2 Å². The van der Waals surface area contributed by atoms with E-state index in [1.807, 2.05) is 31.2 Å². The fourth-order valence-corrected chi connectivity index (χ4v) is 3.52. The number of carbonyl (C=O) groups is 1. The van der Waals surface area contributed by atoms with Gasteiger partial charge >= 0.3 is 0 Å². The van der Waals surface area contributed by atoms with Gasteiger partial charge in [-0.3, -0.25) is 9.78 Å². The van der Waals surface area contributed by atoms with E-state index in [0.29, 0.717) is 19.1 Å². The van der Waals surface area contributed by atoms with Crippen molar-refractivity contribution < 1.29 is 14.3 Å². The number of carbonyl (C=O) groups excluding carboxylic acids is 1. The molecule has 0 unspecified atom stereocenters. The molecule has 1 N–H and O–H groups in total. The second-order valence-electron chi connectivity index (χ2n) is 7.30. The first-order valence-corrected chi connectivity index (χ1v) is 9.51. The van der Waals surface area contributed by atoms with Crippen molar-refractivity contribution in [2.75, 3.05) is 18.5 Å². The van der Waals surface area contributed by atoms with Gasteiger partial charge in [-0.2, -0.15) is 0 Å². The zero-order chi connectivity index (χ0) is 18.6. The van der Waals surface area contributed by atoms with Crippen LogP contribution in [0, 0.1) is 5.92 Å². The van der Waals surface area contributed by atoms with E-state index < -0.39 is 5.60 Å². The van der Waals surface area contributed by atoms with Crippen LogP contribution in [-0.2, 0) is 9.53 Å². The van der Waals surface area contributed by atoms with Crippen LogP contribution in [0.4, 0.5) is 5.69 Å². The van der Waals surface area contributed by atoms with Crippen LogP contribution in [-0.4, -0.2) is 29.7 Å². The third kappa shape index (κ3) is 3.83. The number of hydrogen-bond donors (Lipinski definition) is 1. The molecule has 2 aromatic rings. The van der Waals surface area contributed by atoms with Gasteiger partial charge in [0.05, 0.1) is 12.3 Å². The Morgan fingerprint density at radius 2 is 2.04 bits per heavy atom. The molecule has 0 bridgehead atoms. The van der Waals surface area contributed by atoms with Crippen molar-refractivity contribution in [3.05, 3.63) is 30.5 Å². The van der Waals surface area contributed by atoms with Gasteiger partial charge < -0.3 is 14.8 Å². The lowest BCUT2D eigenvalue weighted by atomic mass is 10.0. The number of nitrogens with one attached hydrogen (secondary N) is 1. The SMILES string of the molecule is CCOC1(C(=O)Nc2ccc(OCC(C)C)c3ncccc23)CCCC1. The average molecular weight is 356 g/mol. The summed E-state index contributed by atoms with van der Waals surface area (Å²) in [6.45, 7) is 7.33. The molecule has 1 heterocycles. The van der Waals surface area contributed by atoms with E-state index in [-0.39, 0.29) is 5.91 Å². The molecular weight excluding hydrogens is 328 g/mol. The highest BCUT2D eigenvalue weighted by Crippen LogP contribution is 2.36. The average Bonchev–Trinajstić information content (AvgIpc) is 3.11. The number of nitrogens with zero attached hydrogens (tertiary/aromatic N) is 1. The van der Waals surface area contributed by atoms with E-state index in [1.54, 1.807) is 6.20 Å².